The maximum atomic E-state index is 6.06. The van der Waals surface area contributed by atoms with E-state index in [4.69, 9.17) is 28.9 Å². The molecule has 1 unspecified atom stereocenters. The van der Waals surface area contributed by atoms with E-state index in [0.717, 1.165) is 18.5 Å². The third kappa shape index (κ3) is 4.43. The van der Waals surface area contributed by atoms with Gasteiger partial charge in [0, 0.05) is 12.6 Å². The lowest BCUT2D eigenvalue weighted by molar-refractivity contribution is 0.236. The molecule has 0 amide bonds. The topological polar surface area (TPSA) is 29.3 Å². The Kier molecular flexibility index (Phi) is 6.44. The van der Waals surface area contributed by atoms with Crippen LogP contribution in [0.25, 0.3) is 0 Å². The quantitative estimate of drug-likeness (QED) is 0.858. The molecule has 2 N–H and O–H groups in total. The van der Waals surface area contributed by atoms with Gasteiger partial charge in [0.05, 0.1) is 10.0 Å². The number of nitrogens with two attached hydrogens (primary N) is 1. The molecule has 1 rings (SSSR count). The van der Waals surface area contributed by atoms with Gasteiger partial charge in [-0.25, -0.2) is 0 Å². The summed E-state index contributed by atoms with van der Waals surface area (Å²) in [5, 5.41) is 1.17. The zero-order chi connectivity index (χ0) is 13.7. The maximum Gasteiger partial charge on any atom is 0.0595 e. The summed E-state index contributed by atoms with van der Waals surface area (Å²) in [6.45, 7) is 6.06. The van der Waals surface area contributed by atoms with Crippen LogP contribution in [0.3, 0.4) is 0 Å². The molecule has 0 aliphatic heterocycles. The second kappa shape index (κ2) is 7.34. The number of nitrogens with zero attached hydrogens (tertiary/aromatic N) is 1. The molecular weight excluding hydrogens is 267 g/mol. The molecule has 0 heterocycles. The normalized spacial score (nSPS) is 13.3. The first-order valence-corrected chi connectivity index (χ1v) is 7.06. The molecule has 0 radical (unpaired) electrons. The molecule has 0 aliphatic carbocycles. The molecule has 0 fully saturated rings. The fourth-order valence-electron chi connectivity index (χ4n) is 1.91. The van der Waals surface area contributed by atoms with Gasteiger partial charge in [0.1, 0.15) is 0 Å². The summed E-state index contributed by atoms with van der Waals surface area (Å²) in [6.07, 6.45) is 1.16. The summed E-state index contributed by atoms with van der Waals surface area (Å²) in [4.78, 5) is 2.28. The fraction of sp³-hybridized carbons (Fsp3) is 0.571. The van der Waals surface area contributed by atoms with E-state index in [9.17, 15) is 0 Å². The minimum absolute atomic E-state index is 0.193. The van der Waals surface area contributed by atoms with Crippen molar-refractivity contribution in [2.24, 2.45) is 11.7 Å². The van der Waals surface area contributed by atoms with E-state index in [1.54, 1.807) is 0 Å². The highest BCUT2D eigenvalue weighted by Gasteiger charge is 2.16. The van der Waals surface area contributed by atoms with Gasteiger partial charge in [0.15, 0.2) is 0 Å². The zero-order valence-electron chi connectivity index (χ0n) is 11.3. The molecule has 0 bridgehead atoms. The molecule has 0 spiro atoms. The first-order valence-electron chi connectivity index (χ1n) is 6.31. The predicted molar refractivity (Wildman–Crippen MR) is 80.3 cm³/mol. The standard InChI is InChI=1S/C14H22Cl2N2/c1-10(2)6-7-18(3)14(9-17)11-4-5-12(15)13(16)8-11/h4-5,8,10,14H,6-7,9,17H2,1-3H3. The molecule has 0 saturated heterocycles. The number of hydrogen-bond acceptors (Lipinski definition) is 2. The maximum absolute atomic E-state index is 6.06. The van der Waals surface area contributed by atoms with Gasteiger partial charge in [-0.3, -0.25) is 4.90 Å². The molecule has 1 aromatic carbocycles. The van der Waals surface area contributed by atoms with Gasteiger partial charge < -0.3 is 5.73 Å². The van der Waals surface area contributed by atoms with Gasteiger partial charge in [0.2, 0.25) is 0 Å². The molecule has 102 valence electrons. The Labute approximate surface area is 120 Å². The average molecular weight is 289 g/mol. The van der Waals surface area contributed by atoms with Crippen LogP contribution in [0.4, 0.5) is 0 Å². The van der Waals surface area contributed by atoms with Crippen molar-refractivity contribution in [1.29, 1.82) is 0 Å². The monoisotopic (exact) mass is 288 g/mol. The first-order chi connectivity index (χ1) is 8.45. The van der Waals surface area contributed by atoms with E-state index in [1.807, 2.05) is 18.2 Å². The Hall–Kier alpha value is -0.280. The molecule has 2 nitrogen and oxygen atoms in total. The second-order valence-electron chi connectivity index (χ2n) is 5.09. The van der Waals surface area contributed by atoms with Crippen LogP contribution in [0.15, 0.2) is 18.2 Å². The highest BCUT2D eigenvalue weighted by Crippen LogP contribution is 2.27. The van der Waals surface area contributed by atoms with Gasteiger partial charge in [-0.1, -0.05) is 43.1 Å². The van der Waals surface area contributed by atoms with Crippen molar-refractivity contribution in [2.75, 3.05) is 20.1 Å². The second-order valence-corrected chi connectivity index (χ2v) is 5.90. The van der Waals surface area contributed by atoms with Crippen LogP contribution in [-0.2, 0) is 0 Å². The van der Waals surface area contributed by atoms with E-state index in [2.05, 4.69) is 25.8 Å². The Balaban J connectivity index is 2.78. The molecule has 1 atom stereocenters. The molecule has 18 heavy (non-hydrogen) atoms. The highest BCUT2D eigenvalue weighted by molar-refractivity contribution is 6.42. The molecule has 4 heteroatoms. The summed E-state index contributed by atoms with van der Waals surface area (Å²) < 4.78 is 0. The Morgan fingerprint density at radius 2 is 1.89 bits per heavy atom. The van der Waals surface area contributed by atoms with Gasteiger partial charge in [-0.2, -0.15) is 0 Å². The molecule has 0 aromatic heterocycles. The Bertz CT molecular complexity index is 380. The van der Waals surface area contributed by atoms with E-state index in [0.29, 0.717) is 22.5 Å². The van der Waals surface area contributed by atoms with Crippen LogP contribution >= 0.6 is 23.2 Å². The van der Waals surface area contributed by atoms with Crippen molar-refractivity contribution < 1.29 is 0 Å². The van der Waals surface area contributed by atoms with E-state index in [1.165, 1.54) is 0 Å². The van der Waals surface area contributed by atoms with Gasteiger partial charge in [-0.05, 0) is 43.6 Å². The van der Waals surface area contributed by atoms with Crippen LogP contribution in [0, 0.1) is 5.92 Å². The lowest BCUT2D eigenvalue weighted by Gasteiger charge is -2.28. The molecule has 0 aliphatic rings. The van der Waals surface area contributed by atoms with Crippen molar-refractivity contribution in [1.82, 2.24) is 4.90 Å². The third-order valence-electron chi connectivity index (χ3n) is 3.14. The third-order valence-corrected chi connectivity index (χ3v) is 3.88. The summed E-state index contributed by atoms with van der Waals surface area (Å²) in [7, 11) is 2.10. The van der Waals surface area contributed by atoms with E-state index < -0.39 is 0 Å². The van der Waals surface area contributed by atoms with E-state index in [-0.39, 0.29) is 6.04 Å². The Morgan fingerprint density at radius 3 is 2.39 bits per heavy atom. The largest absolute Gasteiger partial charge is 0.329 e. The summed E-state index contributed by atoms with van der Waals surface area (Å²) in [5.41, 5.74) is 7.01. The van der Waals surface area contributed by atoms with Crippen molar-refractivity contribution in [3.05, 3.63) is 33.8 Å². The van der Waals surface area contributed by atoms with Gasteiger partial charge >= 0.3 is 0 Å². The summed E-state index contributed by atoms with van der Waals surface area (Å²) in [5.74, 6) is 0.694. The van der Waals surface area contributed by atoms with Gasteiger partial charge in [0.25, 0.3) is 0 Å². The number of benzene rings is 1. The highest BCUT2D eigenvalue weighted by atomic mass is 35.5. The first kappa shape index (κ1) is 15.8. The average Bonchev–Trinajstić information content (AvgIpc) is 2.32. The molecule has 1 aromatic rings. The van der Waals surface area contributed by atoms with Crippen molar-refractivity contribution in [3.63, 3.8) is 0 Å². The van der Waals surface area contributed by atoms with Crippen molar-refractivity contribution >= 4 is 23.2 Å². The smallest absolute Gasteiger partial charge is 0.0595 e. The van der Waals surface area contributed by atoms with Crippen LogP contribution in [0.5, 0.6) is 0 Å². The van der Waals surface area contributed by atoms with Crippen molar-refractivity contribution in [3.8, 4) is 0 Å². The van der Waals surface area contributed by atoms with Crippen molar-refractivity contribution in [2.45, 2.75) is 26.3 Å². The van der Waals surface area contributed by atoms with E-state index >= 15 is 0 Å². The number of rotatable bonds is 6. The lowest BCUT2D eigenvalue weighted by Crippen LogP contribution is -2.31. The number of hydrogen-bond donors (Lipinski definition) is 1. The number of likely N-dealkylation sites (N-methyl/N-ethyl adjacent to an activating group) is 1. The van der Waals surface area contributed by atoms with Gasteiger partial charge in [-0.15, -0.1) is 0 Å². The zero-order valence-corrected chi connectivity index (χ0v) is 12.8. The van der Waals surface area contributed by atoms with Crippen LogP contribution in [-0.4, -0.2) is 25.0 Å². The summed E-state index contributed by atoms with van der Waals surface area (Å²) >= 11 is 12.0. The van der Waals surface area contributed by atoms with Crippen LogP contribution in [0.2, 0.25) is 10.0 Å². The Morgan fingerprint density at radius 1 is 1.22 bits per heavy atom. The molecule has 0 saturated carbocycles. The minimum Gasteiger partial charge on any atom is -0.329 e. The minimum atomic E-state index is 0.193. The summed E-state index contributed by atoms with van der Waals surface area (Å²) in [6, 6.07) is 5.93. The van der Waals surface area contributed by atoms with Crippen LogP contribution < -0.4 is 5.73 Å². The fourth-order valence-corrected chi connectivity index (χ4v) is 2.21. The SMILES string of the molecule is CC(C)CCN(C)C(CN)c1ccc(Cl)c(Cl)c1. The predicted octanol–water partition coefficient (Wildman–Crippen LogP) is 3.97. The molecular formula is C14H22Cl2N2. The number of halogens is 2. The lowest BCUT2D eigenvalue weighted by atomic mass is 10.0. The van der Waals surface area contributed by atoms with Crippen LogP contribution in [0.1, 0.15) is 31.9 Å².